The normalized spacial score (nSPS) is 11.2. The molecule has 7 heteroatoms. The van der Waals surface area contributed by atoms with Crippen LogP contribution in [0.1, 0.15) is 0 Å². The minimum Gasteiger partial charge on any atom is -0.339 e. The van der Waals surface area contributed by atoms with Gasteiger partial charge >= 0.3 is 0 Å². The summed E-state index contributed by atoms with van der Waals surface area (Å²) < 4.78 is 13.5. The Labute approximate surface area is 167 Å². The van der Waals surface area contributed by atoms with Crippen LogP contribution in [0, 0.1) is 5.82 Å². The van der Waals surface area contributed by atoms with Gasteiger partial charge in [-0.3, -0.25) is 9.78 Å². The second kappa shape index (κ2) is 7.81. The van der Waals surface area contributed by atoms with Crippen molar-refractivity contribution in [2.24, 2.45) is 0 Å². The Kier molecular flexibility index (Phi) is 5.05. The van der Waals surface area contributed by atoms with Crippen LogP contribution in [0.25, 0.3) is 33.4 Å². The predicted molar refractivity (Wildman–Crippen MR) is 112 cm³/mol. The number of amides is 1. The number of pyridine rings is 2. The molecule has 3 heterocycles. The Bertz CT molecular complexity index is 1150. The number of aromatic nitrogens is 3. The van der Waals surface area contributed by atoms with Crippen molar-refractivity contribution in [3.05, 3.63) is 66.9 Å². The summed E-state index contributed by atoms with van der Waals surface area (Å²) in [6.07, 6.45) is 5.07. The Morgan fingerprint density at radius 3 is 2.45 bits per heavy atom. The van der Waals surface area contributed by atoms with Crippen molar-refractivity contribution >= 4 is 22.6 Å². The number of hydrogen-bond acceptors (Lipinski definition) is 4. The summed E-state index contributed by atoms with van der Waals surface area (Å²) in [5.74, 6) is -0.419. The van der Waals surface area contributed by atoms with Crippen molar-refractivity contribution in [3.63, 3.8) is 0 Å². The Morgan fingerprint density at radius 1 is 1.03 bits per heavy atom. The van der Waals surface area contributed by atoms with Gasteiger partial charge in [0.15, 0.2) is 0 Å². The summed E-state index contributed by atoms with van der Waals surface area (Å²) >= 11 is 0. The maximum Gasteiger partial charge on any atom is 0.238 e. The molecule has 0 aliphatic heterocycles. The number of anilines is 1. The van der Waals surface area contributed by atoms with Gasteiger partial charge in [0.05, 0.1) is 23.3 Å². The second-order valence-corrected chi connectivity index (χ2v) is 6.99. The van der Waals surface area contributed by atoms with Crippen molar-refractivity contribution in [2.45, 2.75) is 0 Å². The third-order valence-corrected chi connectivity index (χ3v) is 4.53. The van der Waals surface area contributed by atoms with Crippen LogP contribution in [-0.2, 0) is 4.79 Å². The molecule has 2 N–H and O–H groups in total. The van der Waals surface area contributed by atoms with E-state index in [-0.39, 0.29) is 18.3 Å². The standard InChI is InChI=1S/C22H20FN5O/c1-28(2)13-18(29)26-17-9-12-25-22-20(17)19(14-7-10-24-11-8-14)21(27-22)15-3-5-16(23)6-4-15/h3-12H,13H2,1-2H3,(H2,25,26,27,29). The second-order valence-electron chi connectivity index (χ2n) is 6.99. The molecule has 29 heavy (non-hydrogen) atoms. The number of carbonyl (C=O) groups excluding carboxylic acids is 1. The van der Waals surface area contributed by atoms with E-state index >= 15 is 0 Å². The van der Waals surface area contributed by atoms with E-state index in [1.807, 2.05) is 26.2 Å². The summed E-state index contributed by atoms with van der Waals surface area (Å²) in [5.41, 5.74) is 4.72. The largest absolute Gasteiger partial charge is 0.339 e. The number of rotatable bonds is 5. The topological polar surface area (TPSA) is 73.9 Å². The van der Waals surface area contributed by atoms with Crippen molar-refractivity contribution in [1.82, 2.24) is 19.9 Å². The number of H-pyrrole nitrogens is 1. The molecule has 0 bridgehead atoms. The van der Waals surface area contributed by atoms with Gasteiger partial charge in [0, 0.05) is 24.2 Å². The molecule has 1 aromatic carbocycles. The smallest absolute Gasteiger partial charge is 0.238 e. The summed E-state index contributed by atoms with van der Waals surface area (Å²) in [5, 5.41) is 3.78. The zero-order valence-corrected chi connectivity index (χ0v) is 16.1. The number of fused-ring (bicyclic) bond motifs is 1. The maximum atomic E-state index is 13.5. The van der Waals surface area contributed by atoms with Gasteiger partial charge < -0.3 is 15.2 Å². The van der Waals surface area contributed by atoms with Crippen LogP contribution < -0.4 is 5.32 Å². The van der Waals surface area contributed by atoms with E-state index in [0.29, 0.717) is 11.3 Å². The van der Waals surface area contributed by atoms with Gasteiger partial charge in [-0.2, -0.15) is 0 Å². The number of nitrogens with zero attached hydrogens (tertiary/aromatic N) is 3. The van der Waals surface area contributed by atoms with Crippen LogP contribution in [0.3, 0.4) is 0 Å². The lowest BCUT2D eigenvalue weighted by Gasteiger charge is -2.12. The molecule has 3 aromatic heterocycles. The number of halogens is 1. The van der Waals surface area contributed by atoms with Gasteiger partial charge in [-0.15, -0.1) is 0 Å². The molecule has 0 aliphatic carbocycles. The lowest BCUT2D eigenvalue weighted by Crippen LogP contribution is -2.27. The number of likely N-dealkylation sites (N-methyl/N-ethyl adjacent to an activating group) is 1. The zero-order valence-electron chi connectivity index (χ0n) is 16.1. The molecular formula is C22H20FN5O. The molecule has 0 atom stereocenters. The fourth-order valence-corrected chi connectivity index (χ4v) is 3.34. The van der Waals surface area contributed by atoms with Crippen molar-refractivity contribution in [3.8, 4) is 22.4 Å². The van der Waals surface area contributed by atoms with E-state index in [0.717, 1.165) is 27.8 Å². The highest BCUT2D eigenvalue weighted by molar-refractivity contribution is 6.11. The molecule has 0 saturated heterocycles. The van der Waals surface area contributed by atoms with E-state index in [9.17, 15) is 9.18 Å². The number of hydrogen-bond donors (Lipinski definition) is 2. The van der Waals surface area contributed by atoms with Crippen molar-refractivity contribution < 1.29 is 9.18 Å². The fraction of sp³-hybridized carbons (Fsp3) is 0.136. The van der Waals surface area contributed by atoms with E-state index in [1.165, 1.54) is 12.1 Å². The average Bonchev–Trinajstić information content (AvgIpc) is 3.09. The minimum absolute atomic E-state index is 0.118. The molecule has 0 saturated carbocycles. The molecule has 0 spiro atoms. The summed E-state index contributed by atoms with van der Waals surface area (Å²) in [4.78, 5) is 26.1. The SMILES string of the molecule is CN(C)CC(=O)Nc1ccnc2[nH]c(-c3ccc(F)cc3)c(-c3ccncc3)c12. The highest BCUT2D eigenvalue weighted by Crippen LogP contribution is 2.40. The summed E-state index contributed by atoms with van der Waals surface area (Å²) in [6, 6.07) is 11.9. The van der Waals surface area contributed by atoms with Crippen LogP contribution in [0.15, 0.2) is 61.1 Å². The first kappa shape index (κ1) is 18.8. The molecule has 4 rings (SSSR count). The average molecular weight is 389 g/mol. The van der Waals surface area contributed by atoms with Gasteiger partial charge in [-0.1, -0.05) is 0 Å². The zero-order chi connectivity index (χ0) is 20.4. The Morgan fingerprint density at radius 2 is 1.76 bits per heavy atom. The molecule has 0 unspecified atom stereocenters. The van der Waals surface area contributed by atoms with E-state index in [1.54, 1.807) is 41.7 Å². The molecule has 1 amide bonds. The number of carbonyl (C=O) groups is 1. The van der Waals surface area contributed by atoms with Gasteiger partial charge in [0.1, 0.15) is 11.5 Å². The maximum absolute atomic E-state index is 13.5. The Hall–Kier alpha value is -3.58. The highest BCUT2D eigenvalue weighted by atomic mass is 19.1. The van der Waals surface area contributed by atoms with E-state index in [4.69, 9.17) is 0 Å². The fourth-order valence-electron chi connectivity index (χ4n) is 3.34. The first-order chi connectivity index (χ1) is 14.0. The van der Waals surface area contributed by atoms with Crippen LogP contribution in [0.5, 0.6) is 0 Å². The summed E-state index contributed by atoms with van der Waals surface area (Å²) in [7, 11) is 3.68. The van der Waals surface area contributed by atoms with Gasteiger partial charge in [-0.05, 0) is 67.7 Å². The summed E-state index contributed by atoms with van der Waals surface area (Å²) in [6.45, 7) is 0.268. The van der Waals surface area contributed by atoms with Crippen molar-refractivity contribution in [2.75, 3.05) is 26.0 Å². The third-order valence-electron chi connectivity index (χ3n) is 4.53. The number of benzene rings is 1. The van der Waals surface area contributed by atoms with Crippen LogP contribution in [0.4, 0.5) is 10.1 Å². The van der Waals surface area contributed by atoms with Gasteiger partial charge in [-0.25, -0.2) is 9.37 Å². The lowest BCUT2D eigenvalue weighted by molar-refractivity contribution is -0.116. The number of nitrogens with one attached hydrogen (secondary N) is 2. The molecular weight excluding hydrogens is 369 g/mol. The lowest BCUT2D eigenvalue weighted by atomic mass is 9.99. The van der Waals surface area contributed by atoms with Gasteiger partial charge in [0.25, 0.3) is 0 Å². The molecule has 6 nitrogen and oxygen atoms in total. The van der Waals surface area contributed by atoms with Gasteiger partial charge in [0.2, 0.25) is 5.91 Å². The molecule has 146 valence electrons. The van der Waals surface area contributed by atoms with E-state index in [2.05, 4.69) is 20.3 Å². The number of aromatic amines is 1. The molecule has 4 aromatic rings. The van der Waals surface area contributed by atoms with Crippen LogP contribution in [0.2, 0.25) is 0 Å². The molecule has 0 aliphatic rings. The first-order valence-corrected chi connectivity index (χ1v) is 9.14. The minimum atomic E-state index is -0.301. The van der Waals surface area contributed by atoms with Crippen LogP contribution >= 0.6 is 0 Å². The Balaban J connectivity index is 1.93. The van der Waals surface area contributed by atoms with E-state index < -0.39 is 0 Å². The monoisotopic (exact) mass is 389 g/mol. The van der Waals surface area contributed by atoms with Crippen LogP contribution in [-0.4, -0.2) is 46.4 Å². The highest BCUT2D eigenvalue weighted by Gasteiger charge is 2.19. The third kappa shape index (κ3) is 3.86. The quantitative estimate of drug-likeness (QED) is 0.542. The molecule has 0 fully saturated rings. The first-order valence-electron chi connectivity index (χ1n) is 9.14. The molecule has 0 radical (unpaired) electrons. The predicted octanol–water partition coefficient (Wildman–Crippen LogP) is 3.93. The van der Waals surface area contributed by atoms with Crippen molar-refractivity contribution in [1.29, 1.82) is 0 Å².